The van der Waals surface area contributed by atoms with Gasteiger partial charge in [-0.3, -0.25) is 0 Å². The number of benzene rings is 1. The highest BCUT2D eigenvalue weighted by Gasteiger charge is 2.52. The first-order valence-electron chi connectivity index (χ1n) is 6.68. The summed E-state index contributed by atoms with van der Waals surface area (Å²) in [6.45, 7) is 0.212. The maximum Gasteiger partial charge on any atom is 0.219 e. The predicted molar refractivity (Wildman–Crippen MR) is 71.9 cm³/mol. The van der Waals surface area contributed by atoms with Gasteiger partial charge in [0, 0.05) is 6.54 Å². The van der Waals surface area contributed by atoms with Crippen LogP contribution in [0.15, 0.2) is 30.3 Å². The van der Waals surface area contributed by atoms with E-state index in [1.165, 1.54) is 5.56 Å². The molecule has 20 heavy (non-hydrogen) atoms. The summed E-state index contributed by atoms with van der Waals surface area (Å²) in [6, 6.07) is 9.94. The number of aliphatic hydroxyl groups is 4. The zero-order valence-electron chi connectivity index (χ0n) is 11.1. The SMILES string of the molecule is OC[C@@]1(O)O[C@@H](CNCCc2ccccc2)[C@@H](O)[C@@H]1O. The topological polar surface area (TPSA) is 102 Å². The maximum atomic E-state index is 9.75. The van der Waals surface area contributed by atoms with Gasteiger partial charge in [-0.05, 0) is 18.5 Å². The normalized spacial score (nSPS) is 33.5. The molecule has 1 heterocycles. The lowest BCUT2D eigenvalue weighted by Crippen LogP contribution is -2.46. The third-order valence-corrected chi connectivity index (χ3v) is 3.53. The van der Waals surface area contributed by atoms with E-state index in [1.54, 1.807) is 0 Å². The van der Waals surface area contributed by atoms with E-state index in [4.69, 9.17) is 9.84 Å². The van der Waals surface area contributed by atoms with Gasteiger partial charge in [0.2, 0.25) is 5.79 Å². The molecule has 0 saturated carbocycles. The van der Waals surface area contributed by atoms with Gasteiger partial charge in [-0.1, -0.05) is 30.3 Å². The Morgan fingerprint density at radius 2 is 1.90 bits per heavy atom. The van der Waals surface area contributed by atoms with Crippen LogP contribution >= 0.6 is 0 Å². The van der Waals surface area contributed by atoms with Gasteiger partial charge in [0.15, 0.2) is 0 Å². The van der Waals surface area contributed by atoms with Gasteiger partial charge in [-0.2, -0.15) is 0 Å². The molecule has 6 heteroatoms. The van der Waals surface area contributed by atoms with Crippen molar-refractivity contribution in [2.24, 2.45) is 0 Å². The first-order valence-corrected chi connectivity index (χ1v) is 6.68. The highest BCUT2D eigenvalue weighted by atomic mass is 16.7. The summed E-state index contributed by atoms with van der Waals surface area (Å²) < 4.78 is 5.12. The molecule has 6 nitrogen and oxygen atoms in total. The molecule has 1 aromatic rings. The van der Waals surface area contributed by atoms with E-state index >= 15 is 0 Å². The van der Waals surface area contributed by atoms with Crippen molar-refractivity contribution in [2.75, 3.05) is 19.7 Å². The Bertz CT molecular complexity index is 415. The Morgan fingerprint density at radius 1 is 1.20 bits per heavy atom. The number of aliphatic hydroxyl groups excluding tert-OH is 3. The molecule has 1 aliphatic rings. The van der Waals surface area contributed by atoms with Gasteiger partial charge in [-0.15, -0.1) is 0 Å². The number of nitrogens with one attached hydrogen (secondary N) is 1. The second-order valence-electron chi connectivity index (χ2n) is 5.03. The maximum absolute atomic E-state index is 9.75. The van der Waals surface area contributed by atoms with Crippen LogP contribution in [0.4, 0.5) is 0 Å². The van der Waals surface area contributed by atoms with Crippen molar-refractivity contribution in [2.45, 2.75) is 30.5 Å². The molecule has 0 spiro atoms. The second kappa shape index (κ2) is 6.62. The summed E-state index contributed by atoms with van der Waals surface area (Å²) in [7, 11) is 0. The molecule has 5 N–H and O–H groups in total. The van der Waals surface area contributed by atoms with Gasteiger partial charge in [0.05, 0.1) is 6.61 Å². The first-order chi connectivity index (χ1) is 9.57. The lowest BCUT2D eigenvalue weighted by Gasteiger charge is -2.22. The second-order valence-corrected chi connectivity index (χ2v) is 5.03. The average molecular weight is 283 g/mol. The first kappa shape index (κ1) is 15.4. The average Bonchev–Trinajstić information content (AvgIpc) is 2.70. The highest BCUT2D eigenvalue weighted by Crippen LogP contribution is 2.28. The Morgan fingerprint density at radius 3 is 2.50 bits per heavy atom. The molecule has 0 aliphatic carbocycles. The lowest BCUT2D eigenvalue weighted by molar-refractivity contribution is -0.245. The van der Waals surface area contributed by atoms with Crippen molar-refractivity contribution in [3.05, 3.63) is 35.9 Å². The summed E-state index contributed by atoms with van der Waals surface area (Å²) in [4.78, 5) is 0. The molecule has 0 radical (unpaired) electrons. The fourth-order valence-corrected chi connectivity index (χ4v) is 2.29. The molecule has 1 aliphatic heterocycles. The molecular weight excluding hydrogens is 262 g/mol. The van der Waals surface area contributed by atoms with Crippen molar-refractivity contribution in [3.63, 3.8) is 0 Å². The molecule has 2 rings (SSSR count). The van der Waals surface area contributed by atoms with Crippen LogP contribution in [0.25, 0.3) is 0 Å². The van der Waals surface area contributed by atoms with Gasteiger partial charge in [0.25, 0.3) is 0 Å². The zero-order valence-corrected chi connectivity index (χ0v) is 11.1. The predicted octanol–water partition coefficient (Wildman–Crippen LogP) is -1.38. The van der Waals surface area contributed by atoms with Crippen LogP contribution in [-0.2, 0) is 11.2 Å². The largest absolute Gasteiger partial charge is 0.391 e. The quantitative estimate of drug-likeness (QED) is 0.412. The van der Waals surface area contributed by atoms with Crippen LogP contribution in [0.1, 0.15) is 5.56 Å². The molecule has 4 atom stereocenters. The number of ether oxygens (including phenoxy) is 1. The monoisotopic (exact) mass is 283 g/mol. The van der Waals surface area contributed by atoms with Gasteiger partial charge in [-0.25, -0.2) is 0 Å². The van der Waals surface area contributed by atoms with Crippen LogP contribution in [-0.4, -0.2) is 64.2 Å². The van der Waals surface area contributed by atoms with Gasteiger partial charge >= 0.3 is 0 Å². The highest BCUT2D eigenvalue weighted by molar-refractivity contribution is 5.14. The van der Waals surface area contributed by atoms with Crippen LogP contribution in [0.5, 0.6) is 0 Å². The molecule has 1 saturated heterocycles. The summed E-state index contributed by atoms with van der Waals surface area (Å²) in [5, 5.41) is 41.2. The third kappa shape index (κ3) is 3.35. The fraction of sp³-hybridized carbons (Fsp3) is 0.571. The van der Waals surface area contributed by atoms with Crippen molar-refractivity contribution < 1.29 is 25.2 Å². The van der Waals surface area contributed by atoms with Gasteiger partial charge < -0.3 is 30.5 Å². The Balaban J connectivity index is 1.75. The van der Waals surface area contributed by atoms with E-state index in [0.717, 1.165) is 6.42 Å². The van der Waals surface area contributed by atoms with E-state index < -0.39 is 30.7 Å². The molecule has 0 aromatic heterocycles. The van der Waals surface area contributed by atoms with Crippen LogP contribution in [0.2, 0.25) is 0 Å². The standard InChI is InChI=1S/C14H21NO5/c16-9-14(19)13(18)12(17)11(20-14)8-15-7-6-10-4-2-1-3-5-10/h1-5,11-13,15-19H,6-9H2/t11-,12+,13-,14+/m0/s1. The van der Waals surface area contributed by atoms with Crippen LogP contribution < -0.4 is 5.32 Å². The van der Waals surface area contributed by atoms with E-state index in [-0.39, 0.29) is 6.54 Å². The molecular formula is C14H21NO5. The molecule has 0 bridgehead atoms. The lowest BCUT2D eigenvalue weighted by atomic mass is 10.1. The molecule has 0 amide bonds. The third-order valence-electron chi connectivity index (χ3n) is 3.53. The number of hydrogen-bond acceptors (Lipinski definition) is 6. The minimum Gasteiger partial charge on any atom is -0.391 e. The molecule has 1 fully saturated rings. The Labute approximate surface area is 117 Å². The van der Waals surface area contributed by atoms with E-state index in [1.807, 2.05) is 30.3 Å². The van der Waals surface area contributed by atoms with E-state index in [0.29, 0.717) is 6.54 Å². The van der Waals surface area contributed by atoms with Crippen LogP contribution in [0, 0.1) is 0 Å². The number of hydrogen-bond donors (Lipinski definition) is 5. The van der Waals surface area contributed by atoms with Crippen molar-refractivity contribution in [1.82, 2.24) is 5.32 Å². The van der Waals surface area contributed by atoms with Crippen molar-refractivity contribution >= 4 is 0 Å². The van der Waals surface area contributed by atoms with Crippen molar-refractivity contribution in [1.29, 1.82) is 0 Å². The molecule has 0 unspecified atom stereocenters. The van der Waals surface area contributed by atoms with E-state index in [2.05, 4.69) is 5.32 Å². The Hall–Kier alpha value is -1.02. The summed E-state index contributed by atoms with van der Waals surface area (Å²) in [5.41, 5.74) is 1.19. The minimum absolute atomic E-state index is 0.285. The smallest absolute Gasteiger partial charge is 0.219 e. The molecule has 112 valence electrons. The number of rotatable bonds is 6. The molecule has 1 aromatic carbocycles. The Kier molecular flexibility index (Phi) is 5.09. The van der Waals surface area contributed by atoms with Gasteiger partial charge in [0.1, 0.15) is 18.3 Å². The minimum atomic E-state index is -2.08. The summed E-state index contributed by atoms with van der Waals surface area (Å²) in [6.07, 6.45) is -2.65. The summed E-state index contributed by atoms with van der Waals surface area (Å²) >= 11 is 0. The van der Waals surface area contributed by atoms with Crippen molar-refractivity contribution in [3.8, 4) is 0 Å². The van der Waals surface area contributed by atoms with E-state index in [9.17, 15) is 15.3 Å². The summed E-state index contributed by atoms with van der Waals surface area (Å²) in [5.74, 6) is -2.08. The zero-order chi connectivity index (χ0) is 14.6. The fourth-order valence-electron chi connectivity index (χ4n) is 2.29. The van der Waals surface area contributed by atoms with Crippen LogP contribution in [0.3, 0.4) is 0 Å².